The summed E-state index contributed by atoms with van der Waals surface area (Å²) in [5, 5.41) is 0.675. The minimum absolute atomic E-state index is 0.137. The lowest BCUT2D eigenvalue weighted by Crippen LogP contribution is -2.15. The second-order valence-electron chi connectivity index (χ2n) is 6.80. The quantitative estimate of drug-likeness (QED) is 0.352. The molecule has 9 heteroatoms. The molecule has 156 valence electrons. The number of nitrogen functional groups attached to an aromatic ring is 1. The maximum absolute atomic E-state index is 13.4. The van der Waals surface area contributed by atoms with Gasteiger partial charge in [0, 0.05) is 22.8 Å². The average Bonchev–Trinajstić information content (AvgIpc) is 3.03. The van der Waals surface area contributed by atoms with Crippen molar-refractivity contribution in [2.24, 2.45) is 0 Å². The Bertz CT molecular complexity index is 1000. The molecule has 0 bridgehead atoms. The lowest BCUT2D eigenvalue weighted by atomic mass is 9.98. The van der Waals surface area contributed by atoms with Crippen LogP contribution in [0.5, 0.6) is 11.5 Å². The third kappa shape index (κ3) is 4.13. The second-order valence-corrected chi connectivity index (χ2v) is 6.80. The molecule has 1 atom stereocenters. The fourth-order valence-electron chi connectivity index (χ4n) is 3.11. The first-order valence-electron chi connectivity index (χ1n) is 8.78. The Morgan fingerprint density at radius 1 is 1.00 bits per heavy atom. The zero-order valence-electron chi connectivity index (χ0n) is 15.5. The van der Waals surface area contributed by atoms with Crippen molar-refractivity contribution in [2.45, 2.75) is 38.5 Å². The van der Waals surface area contributed by atoms with E-state index in [0.29, 0.717) is 23.0 Å². The second kappa shape index (κ2) is 7.20. The summed E-state index contributed by atoms with van der Waals surface area (Å²) >= 11 is 0. The van der Waals surface area contributed by atoms with Crippen molar-refractivity contribution >= 4 is 16.6 Å². The van der Waals surface area contributed by atoms with Gasteiger partial charge < -0.3 is 15.5 Å². The Morgan fingerprint density at radius 3 is 2.10 bits per heavy atom. The number of H-pyrrole nitrogens is 1. The topological polar surface area (TPSA) is 51.0 Å². The van der Waals surface area contributed by atoms with Crippen molar-refractivity contribution in [2.75, 3.05) is 5.73 Å². The van der Waals surface area contributed by atoms with E-state index in [1.807, 2.05) is 13.8 Å². The summed E-state index contributed by atoms with van der Waals surface area (Å²) in [4.78, 5) is 3.04. The monoisotopic (exact) mass is 416 g/mol. The fourth-order valence-corrected chi connectivity index (χ4v) is 3.11. The van der Waals surface area contributed by atoms with Crippen LogP contribution in [0.15, 0.2) is 36.5 Å². The summed E-state index contributed by atoms with van der Waals surface area (Å²) in [5.41, 5.74) is 3.07. The van der Waals surface area contributed by atoms with E-state index in [1.54, 1.807) is 12.3 Å². The average molecular weight is 416 g/mol. The number of hydrogen-bond acceptors (Lipinski definition) is 2. The third-order valence-electron chi connectivity index (χ3n) is 4.77. The standard InChI is InChI=1S/C20H18F6N2O/c1-3-10(2)14-9-28-17-5-4-12(8-13(14)17)29-18-15(19(21,22)23)6-11(27)7-16(18)20(24,25)26/h4-10,28H,3,27H2,1-2H3. The number of fused-ring (bicyclic) bond motifs is 1. The molecule has 3 rings (SSSR count). The number of benzene rings is 2. The molecule has 3 N–H and O–H groups in total. The molecule has 2 aromatic carbocycles. The number of aromatic nitrogens is 1. The Kier molecular flexibility index (Phi) is 5.19. The Balaban J connectivity index is 2.17. The van der Waals surface area contributed by atoms with Gasteiger partial charge in [0.1, 0.15) is 16.9 Å². The van der Waals surface area contributed by atoms with E-state index in [1.165, 1.54) is 12.1 Å². The number of alkyl halides is 6. The molecule has 1 unspecified atom stereocenters. The number of halogens is 6. The molecule has 0 aliphatic heterocycles. The van der Waals surface area contributed by atoms with Crippen LogP contribution in [0.3, 0.4) is 0 Å². The van der Waals surface area contributed by atoms with E-state index in [9.17, 15) is 26.3 Å². The first-order chi connectivity index (χ1) is 13.4. The summed E-state index contributed by atoms with van der Waals surface area (Å²) in [6.45, 7) is 3.95. The Hall–Kier alpha value is -2.84. The largest absolute Gasteiger partial charge is 0.456 e. The number of anilines is 1. The van der Waals surface area contributed by atoms with E-state index >= 15 is 0 Å². The van der Waals surface area contributed by atoms with Gasteiger partial charge in [-0.3, -0.25) is 0 Å². The van der Waals surface area contributed by atoms with Crippen LogP contribution < -0.4 is 10.5 Å². The van der Waals surface area contributed by atoms with Crippen molar-refractivity contribution < 1.29 is 31.1 Å². The molecule has 1 aromatic heterocycles. The van der Waals surface area contributed by atoms with Gasteiger partial charge in [0.25, 0.3) is 0 Å². The summed E-state index contributed by atoms with van der Waals surface area (Å²) in [5.74, 6) is -1.31. The molecule has 3 nitrogen and oxygen atoms in total. The van der Waals surface area contributed by atoms with E-state index in [4.69, 9.17) is 10.5 Å². The maximum atomic E-state index is 13.4. The van der Waals surface area contributed by atoms with Gasteiger partial charge in [0.15, 0.2) is 5.75 Å². The number of nitrogens with one attached hydrogen (secondary N) is 1. The Labute approximate surface area is 162 Å². The van der Waals surface area contributed by atoms with E-state index in [-0.39, 0.29) is 11.7 Å². The molecule has 29 heavy (non-hydrogen) atoms. The van der Waals surface area contributed by atoms with Gasteiger partial charge in [-0.25, -0.2) is 0 Å². The lowest BCUT2D eigenvalue weighted by molar-refractivity contribution is -0.144. The van der Waals surface area contributed by atoms with Gasteiger partial charge >= 0.3 is 12.4 Å². The minimum atomic E-state index is -5.08. The van der Waals surface area contributed by atoms with Crippen LogP contribution >= 0.6 is 0 Å². The van der Waals surface area contributed by atoms with Crippen molar-refractivity contribution in [1.29, 1.82) is 0 Å². The third-order valence-corrected chi connectivity index (χ3v) is 4.77. The number of ether oxygens (including phenoxy) is 1. The first-order valence-corrected chi connectivity index (χ1v) is 8.78. The molecule has 0 fully saturated rings. The highest BCUT2D eigenvalue weighted by molar-refractivity contribution is 5.85. The highest BCUT2D eigenvalue weighted by Crippen LogP contribution is 2.47. The van der Waals surface area contributed by atoms with Crippen molar-refractivity contribution in [3.05, 3.63) is 53.2 Å². The highest BCUT2D eigenvalue weighted by atomic mass is 19.4. The number of hydrogen-bond donors (Lipinski definition) is 2. The maximum Gasteiger partial charge on any atom is 0.420 e. The zero-order chi connectivity index (χ0) is 21.6. The molecular weight excluding hydrogens is 398 g/mol. The Morgan fingerprint density at radius 2 is 1.59 bits per heavy atom. The molecular formula is C20H18F6N2O. The predicted octanol–water partition coefficient (Wildman–Crippen LogP) is 7.09. The summed E-state index contributed by atoms with van der Waals surface area (Å²) in [6.07, 6.45) is -7.57. The summed E-state index contributed by atoms with van der Waals surface area (Å²) < 4.78 is 85.6. The molecule has 0 aliphatic carbocycles. The van der Waals surface area contributed by atoms with Crippen LogP contribution in [0, 0.1) is 0 Å². The molecule has 0 saturated carbocycles. The van der Waals surface area contributed by atoms with E-state index in [2.05, 4.69) is 4.98 Å². The van der Waals surface area contributed by atoms with Crippen LogP contribution in [0.4, 0.5) is 32.0 Å². The molecule has 0 aliphatic rings. The molecule has 0 spiro atoms. The van der Waals surface area contributed by atoms with Crippen molar-refractivity contribution in [3.63, 3.8) is 0 Å². The van der Waals surface area contributed by atoms with Crippen LogP contribution in [-0.4, -0.2) is 4.98 Å². The SMILES string of the molecule is CCC(C)c1c[nH]c2ccc(Oc3c(C(F)(F)F)cc(N)cc3C(F)(F)F)cc12. The van der Waals surface area contributed by atoms with Gasteiger partial charge in [0.05, 0.1) is 0 Å². The number of aromatic amines is 1. The first kappa shape index (κ1) is 20.9. The van der Waals surface area contributed by atoms with Gasteiger partial charge in [-0.1, -0.05) is 13.8 Å². The number of rotatable bonds is 4. The van der Waals surface area contributed by atoms with Gasteiger partial charge in [0.2, 0.25) is 0 Å². The van der Waals surface area contributed by atoms with Crippen LogP contribution in [0.2, 0.25) is 0 Å². The van der Waals surface area contributed by atoms with Gasteiger partial charge in [-0.05, 0) is 48.2 Å². The van der Waals surface area contributed by atoms with Gasteiger partial charge in [-0.15, -0.1) is 0 Å². The lowest BCUT2D eigenvalue weighted by Gasteiger charge is -2.20. The molecule has 0 radical (unpaired) electrons. The fraction of sp³-hybridized carbons (Fsp3) is 0.300. The molecule has 1 heterocycles. The highest BCUT2D eigenvalue weighted by Gasteiger charge is 2.42. The van der Waals surface area contributed by atoms with Crippen LogP contribution in [0.25, 0.3) is 10.9 Å². The smallest absolute Gasteiger partial charge is 0.420 e. The van der Waals surface area contributed by atoms with E-state index in [0.717, 1.165) is 12.0 Å². The summed E-state index contributed by atoms with van der Waals surface area (Å²) in [7, 11) is 0. The van der Waals surface area contributed by atoms with Crippen LogP contribution in [0.1, 0.15) is 42.9 Å². The minimum Gasteiger partial charge on any atom is -0.456 e. The van der Waals surface area contributed by atoms with Crippen molar-refractivity contribution in [3.8, 4) is 11.5 Å². The number of nitrogens with two attached hydrogens (primary N) is 1. The van der Waals surface area contributed by atoms with Crippen molar-refractivity contribution in [1.82, 2.24) is 4.98 Å². The predicted molar refractivity (Wildman–Crippen MR) is 97.9 cm³/mol. The summed E-state index contributed by atoms with van der Waals surface area (Å²) in [6, 6.07) is 5.17. The zero-order valence-corrected chi connectivity index (χ0v) is 15.5. The normalized spacial score (nSPS) is 13.7. The van der Waals surface area contributed by atoms with Crippen LogP contribution in [-0.2, 0) is 12.4 Å². The molecule has 0 amide bonds. The van der Waals surface area contributed by atoms with E-state index < -0.39 is 34.9 Å². The van der Waals surface area contributed by atoms with Gasteiger partial charge in [-0.2, -0.15) is 26.3 Å². The molecule has 0 saturated heterocycles. The molecule has 3 aromatic rings.